The standard InChI is InChI=1S/C6H10O3/c1-5(3-4-7)6(8)9-2/h3-5,7H,1-2H3/b4-3-. The van der Waals surface area contributed by atoms with E-state index in [1.54, 1.807) is 6.92 Å². The molecule has 9 heavy (non-hydrogen) atoms. The second-order valence-electron chi connectivity index (χ2n) is 1.65. The Balaban J connectivity index is 3.72. The van der Waals surface area contributed by atoms with Crippen LogP contribution in [-0.2, 0) is 9.53 Å². The van der Waals surface area contributed by atoms with Crippen molar-refractivity contribution in [3.63, 3.8) is 0 Å². The maximum Gasteiger partial charge on any atom is 0.312 e. The summed E-state index contributed by atoms with van der Waals surface area (Å²) in [5.41, 5.74) is 0. The number of aliphatic hydroxyl groups excluding tert-OH is 1. The van der Waals surface area contributed by atoms with E-state index in [-0.39, 0.29) is 11.9 Å². The van der Waals surface area contributed by atoms with Gasteiger partial charge in [-0.2, -0.15) is 0 Å². The highest BCUT2D eigenvalue weighted by Crippen LogP contribution is 1.97. The maximum atomic E-state index is 10.5. The lowest BCUT2D eigenvalue weighted by Gasteiger charge is -2.00. The molecule has 0 aliphatic carbocycles. The van der Waals surface area contributed by atoms with Crippen LogP contribution in [0.25, 0.3) is 0 Å². The molecule has 0 bridgehead atoms. The first kappa shape index (κ1) is 8.01. The molecule has 52 valence electrons. The van der Waals surface area contributed by atoms with E-state index in [1.807, 2.05) is 0 Å². The largest absolute Gasteiger partial charge is 0.516 e. The lowest BCUT2D eigenvalue weighted by atomic mass is 10.2. The molecule has 0 aliphatic heterocycles. The van der Waals surface area contributed by atoms with E-state index in [4.69, 9.17) is 5.11 Å². The van der Waals surface area contributed by atoms with Crippen LogP contribution in [-0.4, -0.2) is 18.2 Å². The zero-order valence-electron chi connectivity index (χ0n) is 5.50. The van der Waals surface area contributed by atoms with Crippen LogP contribution in [0.5, 0.6) is 0 Å². The number of methoxy groups -OCH3 is 1. The Labute approximate surface area is 53.9 Å². The number of hydrogen-bond donors (Lipinski definition) is 1. The van der Waals surface area contributed by atoms with Crippen LogP contribution in [0, 0.1) is 5.92 Å². The molecule has 0 aromatic rings. The third kappa shape index (κ3) is 2.74. The number of ether oxygens (including phenoxy) is 1. The molecule has 0 radical (unpaired) electrons. The number of rotatable bonds is 2. The quantitative estimate of drug-likeness (QED) is 0.445. The van der Waals surface area contributed by atoms with Crippen molar-refractivity contribution in [2.45, 2.75) is 6.92 Å². The molecule has 1 N–H and O–H groups in total. The minimum absolute atomic E-state index is 0.347. The van der Waals surface area contributed by atoms with E-state index in [2.05, 4.69) is 4.74 Å². The average Bonchev–Trinajstić information content (AvgIpc) is 1.87. The number of carbonyl (C=O) groups excluding carboxylic acids is 1. The van der Waals surface area contributed by atoms with Crippen molar-refractivity contribution >= 4 is 5.97 Å². The van der Waals surface area contributed by atoms with E-state index in [0.717, 1.165) is 6.26 Å². The van der Waals surface area contributed by atoms with Gasteiger partial charge in [0.15, 0.2) is 0 Å². The highest BCUT2D eigenvalue weighted by molar-refractivity contribution is 5.73. The molecule has 0 fully saturated rings. The Hall–Kier alpha value is -0.990. The molecular weight excluding hydrogens is 120 g/mol. The predicted molar refractivity (Wildman–Crippen MR) is 32.9 cm³/mol. The maximum absolute atomic E-state index is 10.5. The molecule has 0 aromatic heterocycles. The van der Waals surface area contributed by atoms with Crippen LogP contribution >= 0.6 is 0 Å². The van der Waals surface area contributed by atoms with Crippen molar-refractivity contribution < 1.29 is 14.6 Å². The van der Waals surface area contributed by atoms with Gasteiger partial charge in [-0.3, -0.25) is 4.79 Å². The monoisotopic (exact) mass is 130 g/mol. The summed E-state index contributed by atoms with van der Waals surface area (Å²) in [7, 11) is 1.31. The van der Waals surface area contributed by atoms with Crippen LogP contribution in [0.3, 0.4) is 0 Å². The van der Waals surface area contributed by atoms with Gasteiger partial charge in [-0.25, -0.2) is 0 Å². The van der Waals surface area contributed by atoms with Crippen molar-refractivity contribution in [2.75, 3.05) is 7.11 Å². The Bertz CT molecular complexity index is 117. The summed E-state index contributed by atoms with van der Waals surface area (Å²) in [4.78, 5) is 10.5. The molecule has 3 nitrogen and oxygen atoms in total. The molecule has 0 amide bonds. The Morgan fingerprint density at radius 1 is 1.78 bits per heavy atom. The van der Waals surface area contributed by atoms with Crippen LogP contribution in [0.1, 0.15) is 6.92 Å². The van der Waals surface area contributed by atoms with Gasteiger partial charge in [0.1, 0.15) is 0 Å². The molecule has 0 saturated heterocycles. The number of esters is 1. The molecule has 0 saturated carbocycles. The van der Waals surface area contributed by atoms with Crippen molar-refractivity contribution in [1.82, 2.24) is 0 Å². The van der Waals surface area contributed by atoms with Crippen molar-refractivity contribution in [1.29, 1.82) is 0 Å². The van der Waals surface area contributed by atoms with Gasteiger partial charge in [-0.05, 0) is 13.0 Å². The summed E-state index contributed by atoms with van der Waals surface area (Å²) in [5.74, 6) is -0.708. The summed E-state index contributed by atoms with van der Waals surface area (Å²) in [6.45, 7) is 1.64. The summed E-state index contributed by atoms with van der Waals surface area (Å²) < 4.78 is 4.36. The van der Waals surface area contributed by atoms with Gasteiger partial charge >= 0.3 is 5.97 Å². The smallest absolute Gasteiger partial charge is 0.312 e. The molecule has 1 atom stereocenters. The second-order valence-corrected chi connectivity index (χ2v) is 1.65. The van der Waals surface area contributed by atoms with Gasteiger partial charge in [0.2, 0.25) is 0 Å². The normalized spacial score (nSPS) is 13.6. The molecule has 0 spiro atoms. The highest BCUT2D eigenvalue weighted by Gasteiger charge is 2.07. The SMILES string of the molecule is COC(=O)C(C)/C=C\O. The first-order chi connectivity index (χ1) is 4.22. The molecule has 0 aromatic carbocycles. The summed E-state index contributed by atoms with van der Waals surface area (Å²) in [6.07, 6.45) is 2.19. The van der Waals surface area contributed by atoms with E-state index in [1.165, 1.54) is 13.2 Å². The van der Waals surface area contributed by atoms with Crippen molar-refractivity contribution in [3.8, 4) is 0 Å². The number of aliphatic hydroxyl groups is 1. The van der Waals surface area contributed by atoms with Crippen LogP contribution in [0.2, 0.25) is 0 Å². The summed E-state index contributed by atoms with van der Waals surface area (Å²) in [5, 5.41) is 8.19. The number of hydrogen-bond acceptors (Lipinski definition) is 3. The van der Waals surface area contributed by atoms with Crippen LogP contribution < -0.4 is 0 Å². The zero-order chi connectivity index (χ0) is 7.28. The first-order valence-electron chi connectivity index (χ1n) is 2.61. The zero-order valence-corrected chi connectivity index (χ0v) is 5.50. The molecule has 3 heteroatoms. The minimum atomic E-state index is -0.361. The van der Waals surface area contributed by atoms with Gasteiger partial charge in [-0.15, -0.1) is 0 Å². The average molecular weight is 130 g/mol. The molecule has 0 rings (SSSR count). The topological polar surface area (TPSA) is 46.5 Å². The molecule has 1 unspecified atom stereocenters. The van der Waals surface area contributed by atoms with Crippen molar-refractivity contribution in [3.05, 3.63) is 12.3 Å². The molecule has 0 aliphatic rings. The molecular formula is C6H10O3. The van der Waals surface area contributed by atoms with E-state index in [9.17, 15) is 4.79 Å². The Morgan fingerprint density at radius 3 is 2.67 bits per heavy atom. The fourth-order valence-electron chi connectivity index (χ4n) is 0.394. The van der Waals surface area contributed by atoms with Gasteiger partial charge in [0, 0.05) is 0 Å². The van der Waals surface area contributed by atoms with Crippen LogP contribution in [0.4, 0.5) is 0 Å². The highest BCUT2D eigenvalue weighted by atomic mass is 16.5. The van der Waals surface area contributed by atoms with Gasteiger partial charge in [0.05, 0.1) is 19.3 Å². The summed E-state index contributed by atoms with van der Waals surface area (Å²) >= 11 is 0. The van der Waals surface area contributed by atoms with E-state index in [0.29, 0.717) is 0 Å². The third-order valence-electron chi connectivity index (χ3n) is 0.948. The lowest BCUT2D eigenvalue weighted by molar-refractivity contribution is -0.143. The van der Waals surface area contributed by atoms with Crippen LogP contribution in [0.15, 0.2) is 12.3 Å². The van der Waals surface area contributed by atoms with Crippen molar-refractivity contribution in [2.24, 2.45) is 5.92 Å². The summed E-state index contributed by atoms with van der Waals surface area (Å²) in [6, 6.07) is 0. The van der Waals surface area contributed by atoms with Gasteiger partial charge in [-0.1, -0.05) is 0 Å². The minimum Gasteiger partial charge on any atom is -0.516 e. The first-order valence-corrected chi connectivity index (χ1v) is 2.61. The third-order valence-corrected chi connectivity index (χ3v) is 0.948. The van der Waals surface area contributed by atoms with E-state index >= 15 is 0 Å². The fraction of sp³-hybridized carbons (Fsp3) is 0.500. The van der Waals surface area contributed by atoms with Gasteiger partial charge < -0.3 is 9.84 Å². The predicted octanol–water partition coefficient (Wildman–Crippen LogP) is 0.867. The number of carbonyl (C=O) groups is 1. The lowest BCUT2D eigenvalue weighted by Crippen LogP contribution is -2.09. The fourth-order valence-corrected chi connectivity index (χ4v) is 0.394. The Morgan fingerprint density at radius 2 is 2.33 bits per heavy atom. The Kier molecular flexibility index (Phi) is 3.51. The second kappa shape index (κ2) is 3.95. The van der Waals surface area contributed by atoms with Gasteiger partial charge in [0.25, 0.3) is 0 Å². The molecule has 0 heterocycles. The van der Waals surface area contributed by atoms with E-state index < -0.39 is 0 Å².